The van der Waals surface area contributed by atoms with Gasteiger partial charge in [0, 0.05) is 50.9 Å². The minimum Gasteiger partial charge on any atom is -0.365 e. The Bertz CT molecular complexity index is 1480. The molecule has 0 aromatic carbocycles. The van der Waals surface area contributed by atoms with Crippen molar-refractivity contribution in [3.05, 3.63) is 58.6 Å². The van der Waals surface area contributed by atoms with Gasteiger partial charge in [0.1, 0.15) is 28.1 Å². The Morgan fingerprint density at radius 2 is 1.79 bits per heavy atom. The van der Waals surface area contributed by atoms with E-state index in [2.05, 4.69) is 30.0 Å². The van der Waals surface area contributed by atoms with E-state index in [4.69, 9.17) is 0 Å². The smallest absolute Gasteiger partial charge is 0.365 e. The number of aryl methyl sites for hydroxylation is 2. The van der Waals surface area contributed by atoms with E-state index in [-0.39, 0.29) is 36.3 Å². The summed E-state index contributed by atoms with van der Waals surface area (Å²) in [7, 11) is -4.10. The molecule has 0 unspecified atom stereocenters. The van der Waals surface area contributed by atoms with Crippen LogP contribution in [0.3, 0.4) is 0 Å². The van der Waals surface area contributed by atoms with Gasteiger partial charge >= 0.3 is 6.18 Å². The van der Waals surface area contributed by atoms with E-state index in [1.807, 2.05) is 6.20 Å². The van der Waals surface area contributed by atoms with Gasteiger partial charge in [-0.3, -0.25) is 4.98 Å². The second kappa shape index (κ2) is 10.2. The van der Waals surface area contributed by atoms with Crippen LogP contribution in [0.1, 0.15) is 72.1 Å². The maximum absolute atomic E-state index is 13.7. The third-order valence-electron chi connectivity index (χ3n) is 8.03. The number of nitrogens with zero attached hydrogens (tertiary/aromatic N) is 6. The molecule has 0 atom stereocenters. The molecule has 39 heavy (non-hydrogen) atoms. The molecule has 3 aromatic rings. The van der Waals surface area contributed by atoms with Crippen molar-refractivity contribution in [1.29, 1.82) is 0 Å². The summed E-state index contributed by atoms with van der Waals surface area (Å²) >= 11 is 0. The fourth-order valence-corrected chi connectivity index (χ4v) is 7.54. The van der Waals surface area contributed by atoms with Crippen LogP contribution in [0.4, 0.5) is 19.0 Å². The van der Waals surface area contributed by atoms with Crippen LogP contribution in [0, 0.1) is 0 Å². The summed E-state index contributed by atoms with van der Waals surface area (Å²) < 4.78 is 71.5. The molecule has 0 saturated carbocycles. The van der Waals surface area contributed by atoms with Gasteiger partial charge in [0.05, 0.1) is 0 Å². The van der Waals surface area contributed by atoms with E-state index >= 15 is 0 Å². The first kappa shape index (κ1) is 26.2. The third-order valence-corrected chi connectivity index (χ3v) is 9.96. The molecule has 1 saturated heterocycles. The molecule has 1 N–H and O–H groups in total. The Morgan fingerprint density at radius 1 is 0.974 bits per heavy atom. The fraction of sp³-hybridized carbons (Fsp3) is 0.538. The lowest BCUT2D eigenvalue weighted by Crippen LogP contribution is -2.39. The normalized spacial score (nSPS) is 18.6. The topological polar surface area (TPSA) is 106 Å². The second-order valence-electron chi connectivity index (χ2n) is 10.4. The molecule has 5 heterocycles. The van der Waals surface area contributed by atoms with Crippen LogP contribution >= 0.6 is 0 Å². The zero-order valence-corrected chi connectivity index (χ0v) is 22.2. The molecular formula is C26H30F3N7O2S. The molecule has 0 spiro atoms. The highest BCUT2D eigenvalue weighted by molar-refractivity contribution is 7.89. The number of alkyl halides is 3. The molecule has 0 bridgehead atoms. The summed E-state index contributed by atoms with van der Waals surface area (Å²) in [6, 6.07) is 1.75. The molecule has 6 rings (SSSR count). The maximum atomic E-state index is 13.7. The first-order chi connectivity index (χ1) is 18.7. The first-order valence-electron chi connectivity index (χ1n) is 13.4. The summed E-state index contributed by atoms with van der Waals surface area (Å²) in [6.07, 6.45) is 5.73. The van der Waals surface area contributed by atoms with Crippen molar-refractivity contribution in [3.63, 3.8) is 0 Å². The van der Waals surface area contributed by atoms with Crippen molar-refractivity contribution in [2.24, 2.45) is 0 Å². The van der Waals surface area contributed by atoms with Crippen LogP contribution in [0.15, 0.2) is 29.4 Å². The number of rotatable bonds is 6. The number of pyridine rings is 2. The molecule has 13 heteroatoms. The molecule has 3 aromatic heterocycles. The molecule has 0 radical (unpaired) electrons. The summed E-state index contributed by atoms with van der Waals surface area (Å²) in [6.45, 7) is 1.49. The molecular weight excluding hydrogens is 531 g/mol. The average Bonchev–Trinajstić information content (AvgIpc) is 3.59. The number of aromatic nitrogens is 5. The van der Waals surface area contributed by atoms with E-state index < -0.39 is 21.9 Å². The third kappa shape index (κ3) is 5.02. The number of nitrogens with one attached hydrogen (secondary N) is 1. The largest absolute Gasteiger partial charge is 0.433 e. The predicted molar refractivity (Wildman–Crippen MR) is 137 cm³/mol. The minimum absolute atomic E-state index is 0.0896. The Labute approximate surface area is 224 Å². The summed E-state index contributed by atoms with van der Waals surface area (Å²) in [5.41, 5.74) is 1.93. The number of sulfonamides is 1. The first-order valence-corrected chi connectivity index (χ1v) is 14.8. The van der Waals surface area contributed by atoms with Crippen molar-refractivity contribution in [2.75, 3.05) is 18.4 Å². The highest BCUT2D eigenvalue weighted by Gasteiger charge is 2.37. The van der Waals surface area contributed by atoms with Gasteiger partial charge in [-0.05, 0) is 73.8 Å². The lowest BCUT2D eigenvalue weighted by Gasteiger charge is -2.31. The zero-order valence-electron chi connectivity index (χ0n) is 21.4. The van der Waals surface area contributed by atoms with E-state index in [0.717, 1.165) is 85.5 Å². The van der Waals surface area contributed by atoms with Crippen molar-refractivity contribution in [1.82, 2.24) is 29.0 Å². The predicted octanol–water partition coefficient (Wildman–Crippen LogP) is 4.09. The van der Waals surface area contributed by atoms with Gasteiger partial charge in [-0.2, -0.15) is 17.5 Å². The number of hydrogen-bond donors (Lipinski definition) is 1. The highest BCUT2D eigenvalue weighted by atomic mass is 32.2. The van der Waals surface area contributed by atoms with E-state index in [9.17, 15) is 21.6 Å². The molecule has 2 aliphatic heterocycles. The summed E-state index contributed by atoms with van der Waals surface area (Å²) in [5, 5.41) is 11.6. The van der Waals surface area contributed by atoms with Gasteiger partial charge in [-0.15, -0.1) is 10.2 Å². The number of fused-ring (bicyclic) bond motifs is 2. The SMILES string of the molecule is O=S(=O)(c1ccc(C(F)(F)F)nc1NCc1cncc2c1CCC2)N1CCC(c2nnc3n2CCCC3)CC1. The van der Waals surface area contributed by atoms with Gasteiger partial charge in [-0.1, -0.05) is 0 Å². The van der Waals surface area contributed by atoms with Crippen molar-refractivity contribution in [3.8, 4) is 0 Å². The van der Waals surface area contributed by atoms with E-state index in [1.165, 1.54) is 4.31 Å². The summed E-state index contributed by atoms with van der Waals surface area (Å²) in [5.74, 6) is 1.68. The number of piperidine rings is 1. The van der Waals surface area contributed by atoms with Gasteiger partial charge < -0.3 is 9.88 Å². The lowest BCUT2D eigenvalue weighted by molar-refractivity contribution is -0.141. The number of anilines is 1. The Kier molecular flexibility index (Phi) is 6.82. The van der Waals surface area contributed by atoms with Crippen LogP contribution in [-0.2, 0) is 48.6 Å². The van der Waals surface area contributed by atoms with Crippen LogP contribution in [0.2, 0.25) is 0 Å². The van der Waals surface area contributed by atoms with Crippen LogP contribution in [-0.4, -0.2) is 50.5 Å². The molecule has 1 fully saturated rings. The van der Waals surface area contributed by atoms with Crippen LogP contribution < -0.4 is 5.32 Å². The van der Waals surface area contributed by atoms with Crippen LogP contribution in [0.5, 0.6) is 0 Å². The Balaban J connectivity index is 1.24. The molecule has 3 aliphatic rings. The van der Waals surface area contributed by atoms with Gasteiger partial charge in [0.2, 0.25) is 10.0 Å². The second-order valence-corrected chi connectivity index (χ2v) is 12.4. The standard InChI is InChI=1S/C26H30F3N7O2S/c27-26(28,29)22-8-7-21(24(32-22)31-16-19-15-30-14-18-4-3-5-20(18)19)39(37,38)35-12-9-17(10-13-35)25-34-33-23-6-1-2-11-36(23)25/h7-8,14-15,17H,1-6,9-13,16H2,(H,31,32). The molecule has 1 aliphatic carbocycles. The number of halogens is 3. The minimum atomic E-state index is -4.70. The fourth-order valence-electron chi connectivity index (χ4n) is 5.97. The monoisotopic (exact) mass is 561 g/mol. The van der Waals surface area contributed by atoms with Crippen molar-refractivity contribution >= 4 is 15.8 Å². The summed E-state index contributed by atoms with van der Waals surface area (Å²) in [4.78, 5) is 7.73. The van der Waals surface area contributed by atoms with Crippen molar-refractivity contribution in [2.45, 2.75) is 81.4 Å². The van der Waals surface area contributed by atoms with Gasteiger partial charge in [-0.25, -0.2) is 13.4 Å². The molecule has 0 amide bonds. The average molecular weight is 562 g/mol. The van der Waals surface area contributed by atoms with Gasteiger partial charge in [0.15, 0.2) is 0 Å². The zero-order chi connectivity index (χ0) is 27.2. The van der Waals surface area contributed by atoms with E-state index in [0.29, 0.717) is 12.8 Å². The van der Waals surface area contributed by atoms with Crippen molar-refractivity contribution < 1.29 is 21.6 Å². The Hall–Kier alpha value is -3.06. The molecule has 208 valence electrons. The van der Waals surface area contributed by atoms with E-state index in [1.54, 1.807) is 6.20 Å². The maximum Gasteiger partial charge on any atom is 0.433 e. The molecule has 9 nitrogen and oxygen atoms in total. The highest BCUT2D eigenvalue weighted by Crippen LogP contribution is 2.35. The van der Waals surface area contributed by atoms with Gasteiger partial charge in [0.25, 0.3) is 0 Å². The van der Waals surface area contributed by atoms with Crippen LogP contribution in [0.25, 0.3) is 0 Å². The number of hydrogen-bond acceptors (Lipinski definition) is 7. The quantitative estimate of drug-likeness (QED) is 0.483. The Morgan fingerprint density at radius 3 is 2.59 bits per heavy atom. The lowest BCUT2D eigenvalue weighted by atomic mass is 9.97.